The lowest BCUT2D eigenvalue weighted by molar-refractivity contribution is -0.142. The van der Waals surface area contributed by atoms with Crippen molar-refractivity contribution in [1.82, 2.24) is 10.3 Å². The summed E-state index contributed by atoms with van der Waals surface area (Å²) in [5.74, 6) is -1.37. The molecule has 3 amide bonds. The Morgan fingerprint density at radius 3 is 2.37 bits per heavy atom. The van der Waals surface area contributed by atoms with Crippen LogP contribution in [0.5, 0.6) is 0 Å². The molecule has 46 heavy (non-hydrogen) atoms. The molecule has 232 valence electrons. The number of anilines is 1. The maximum atomic E-state index is 13.5. The summed E-state index contributed by atoms with van der Waals surface area (Å²) in [6.45, 7) is 0.975. The van der Waals surface area contributed by atoms with E-state index in [-0.39, 0.29) is 30.8 Å². The number of nitrogens with zero attached hydrogens (tertiary/aromatic N) is 2. The van der Waals surface area contributed by atoms with Crippen LogP contribution in [0.3, 0.4) is 0 Å². The quantitative estimate of drug-likeness (QED) is 0.148. The van der Waals surface area contributed by atoms with Crippen LogP contribution >= 0.6 is 0 Å². The smallest absolute Gasteiger partial charge is 0.428 e. The van der Waals surface area contributed by atoms with Crippen molar-refractivity contribution >= 4 is 35.8 Å². The molecule has 2 aliphatic heterocycles. The monoisotopic (exact) mass is 616 g/mol. The molecule has 0 saturated carbocycles. The summed E-state index contributed by atoms with van der Waals surface area (Å²) in [6, 6.07) is 31.4. The number of carbonyl (C=O) groups is 4. The SMILES string of the molecule is O=C1C[C@H]2C(=O)N(CCc3ccccc3)Cc3cc(NC(=O)c4ccc(C=NNC(=O)OCc5ccccc5)cc4)ccc3[C@@H]2O1. The molecular formula is C36H32N4O6. The van der Waals surface area contributed by atoms with Crippen molar-refractivity contribution in [3.63, 3.8) is 0 Å². The van der Waals surface area contributed by atoms with Gasteiger partial charge in [0.2, 0.25) is 5.91 Å². The van der Waals surface area contributed by atoms with Gasteiger partial charge in [0.05, 0.1) is 18.6 Å². The van der Waals surface area contributed by atoms with Crippen LogP contribution in [0.2, 0.25) is 0 Å². The van der Waals surface area contributed by atoms with E-state index in [0.717, 1.165) is 22.3 Å². The lowest BCUT2D eigenvalue weighted by atomic mass is 9.93. The number of hydrogen-bond donors (Lipinski definition) is 2. The molecule has 4 aromatic rings. The Morgan fingerprint density at radius 1 is 0.913 bits per heavy atom. The molecule has 6 rings (SSSR count). The van der Waals surface area contributed by atoms with Crippen LogP contribution in [0.1, 0.15) is 50.7 Å². The summed E-state index contributed by atoms with van der Waals surface area (Å²) in [6.07, 6.45) is 0.863. The first kappa shape index (κ1) is 30.3. The van der Waals surface area contributed by atoms with Gasteiger partial charge in [0.25, 0.3) is 5.91 Å². The highest BCUT2D eigenvalue weighted by molar-refractivity contribution is 6.04. The van der Waals surface area contributed by atoms with E-state index in [9.17, 15) is 19.2 Å². The second-order valence-corrected chi connectivity index (χ2v) is 11.1. The molecular weight excluding hydrogens is 584 g/mol. The van der Waals surface area contributed by atoms with Crippen LogP contribution in [0.25, 0.3) is 0 Å². The normalized spacial score (nSPS) is 17.1. The number of benzene rings is 4. The zero-order valence-electron chi connectivity index (χ0n) is 24.9. The van der Waals surface area contributed by atoms with Crippen LogP contribution < -0.4 is 10.7 Å². The number of amides is 3. The topological polar surface area (TPSA) is 126 Å². The number of esters is 1. The van der Waals surface area contributed by atoms with E-state index < -0.39 is 18.1 Å². The average molecular weight is 617 g/mol. The van der Waals surface area contributed by atoms with Crippen molar-refractivity contribution in [3.8, 4) is 0 Å². The molecule has 2 N–H and O–H groups in total. The minimum absolute atomic E-state index is 0.0539. The molecule has 0 aliphatic carbocycles. The van der Waals surface area contributed by atoms with E-state index in [1.54, 1.807) is 35.2 Å². The van der Waals surface area contributed by atoms with Crippen LogP contribution in [-0.4, -0.2) is 41.5 Å². The van der Waals surface area contributed by atoms with Crippen LogP contribution in [-0.2, 0) is 38.6 Å². The predicted octanol–water partition coefficient (Wildman–Crippen LogP) is 5.39. The van der Waals surface area contributed by atoms with E-state index in [1.807, 2.05) is 72.8 Å². The fourth-order valence-corrected chi connectivity index (χ4v) is 5.61. The van der Waals surface area contributed by atoms with E-state index in [4.69, 9.17) is 9.47 Å². The zero-order valence-corrected chi connectivity index (χ0v) is 24.9. The standard InChI is InChI=1S/C36H32N4O6/c41-32-20-31-33(46-32)30-16-15-29(19-28(30)22-40(35(31)43)18-17-24-7-3-1-4-8-24)38-34(42)27-13-11-25(12-14-27)21-37-39-36(44)45-23-26-9-5-2-6-10-26/h1-16,19,21,31,33H,17-18,20,22-23H2,(H,38,42)(H,39,44)/t31-,33+/m1/s1. The summed E-state index contributed by atoms with van der Waals surface area (Å²) in [5.41, 5.74) is 7.56. The number of hydrogen-bond acceptors (Lipinski definition) is 7. The number of hydrazone groups is 1. The average Bonchev–Trinajstić information content (AvgIpc) is 3.43. The second kappa shape index (κ2) is 13.9. The van der Waals surface area contributed by atoms with Gasteiger partial charge in [-0.15, -0.1) is 0 Å². The Balaban J connectivity index is 1.08. The summed E-state index contributed by atoms with van der Waals surface area (Å²) in [7, 11) is 0. The first-order valence-corrected chi connectivity index (χ1v) is 15.0. The van der Waals surface area contributed by atoms with Crippen molar-refractivity contribution < 1.29 is 28.7 Å². The van der Waals surface area contributed by atoms with Crippen molar-refractivity contribution in [2.24, 2.45) is 11.0 Å². The van der Waals surface area contributed by atoms with Gasteiger partial charge in [-0.1, -0.05) is 78.9 Å². The van der Waals surface area contributed by atoms with Crippen LogP contribution in [0, 0.1) is 5.92 Å². The van der Waals surface area contributed by atoms with E-state index in [0.29, 0.717) is 36.3 Å². The highest BCUT2D eigenvalue weighted by Crippen LogP contribution is 2.41. The molecule has 2 atom stereocenters. The largest absolute Gasteiger partial charge is 0.457 e. The number of ether oxygens (including phenoxy) is 2. The summed E-state index contributed by atoms with van der Waals surface area (Å²) < 4.78 is 10.7. The second-order valence-electron chi connectivity index (χ2n) is 11.1. The number of carbonyl (C=O) groups excluding carboxylic acids is 4. The molecule has 1 saturated heterocycles. The number of nitrogens with one attached hydrogen (secondary N) is 2. The number of rotatable bonds is 9. The first-order valence-electron chi connectivity index (χ1n) is 15.0. The Morgan fingerprint density at radius 2 is 1.63 bits per heavy atom. The van der Waals surface area contributed by atoms with Crippen molar-refractivity contribution in [1.29, 1.82) is 0 Å². The Hall–Kier alpha value is -5.77. The minimum Gasteiger partial charge on any atom is -0.457 e. The summed E-state index contributed by atoms with van der Waals surface area (Å²) in [5, 5.41) is 6.83. The molecule has 2 aliphatic rings. The van der Waals surface area contributed by atoms with Gasteiger partial charge in [0.15, 0.2) is 0 Å². The molecule has 2 heterocycles. The van der Waals surface area contributed by atoms with Gasteiger partial charge in [0, 0.05) is 24.3 Å². The van der Waals surface area contributed by atoms with Gasteiger partial charge >= 0.3 is 12.1 Å². The molecule has 10 nitrogen and oxygen atoms in total. The van der Waals surface area contributed by atoms with Crippen molar-refractivity contribution in [2.45, 2.75) is 32.1 Å². The van der Waals surface area contributed by atoms with Crippen LogP contribution in [0.15, 0.2) is 108 Å². The molecule has 4 aromatic carbocycles. The molecule has 0 radical (unpaired) electrons. The Labute approximate surface area is 266 Å². The third-order valence-corrected chi connectivity index (χ3v) is 7.98. The highest BCUT2D eigenvalue weighted by Gasteiger charge is 2.45. The molecule has 0 bridgehead atoms. The third kappa shape index (κ3) is 7.29. The van der Waals surface area contributed by atoms with E-state index in [1.165, 1.54) is 6.21 Å². The molecule has 0 aromatic heterocycles. The van der Waals surface area contributed by atoms with Crippen LogP contribution in [0.4, 0.5) is 10.5 Å². The molecule has 0 unspecified atom stereocenters. The lowest BCUT2D eigenvalue weighted by Crippen LogP contribution is -2.36. The van der Waals surface area contributed by atoms with E-state index >= 15 is 0 Å². The molecule has 0 spiro atoms. The highest BCUT2D eigenvalue weighted by atomic mass is 16.6. The van der Waals surface area contributed by atoms with Gasteiger partial charge in [-0.2, -0.15) is 5.10 Å². The Kier molecular flexibility index (Phi) is 9.14. The third-order valence-electron chi connectivity index (χ3n) is 7.98. The lowest BCUT2D eigenvalue weighted by Gasteiger charge is -2.23. The van der Waals surface area contributed by atoms with Crippen molar-refractivity contribution in [3.05, 3.63) is 137 Å². The van der Waals surface area contributed by atoms with Gasteiger partial charge < -0.3 is 19.7 Å². The van der Waals surface area contributed by atoms with Gasteiger partial charge in [0.1, 0.15) is 12.7 Å². The number of fused-ring (bicyclic) bond motifs is 3. The zero-order chi connectivity index (χ0) is 31.9. The molecule has 10 heteroatoms. The van der Waals surface area contributed by atoms with Gasteiger partial charge in [-0.05, 0) is 58.5 Å². The van der Waals surface area contributed by atoms with E-state index in [2.05, 4.69) is 15.8 Å². The molecule has 1 fully saturated rings. The fraction of sp³-hybridized carbons (Fsp3) is 0.194. The first-order chi connectivity index (χ1) is 22.4. The van der Waals surface area contributed by atoms with Gasteiger partial charge in [-0.25, -0.2) is 10.2 Å². The Bertz CT molecular complexity index is 1760. The predicted molar refractivity (Wildman–Crippen MR) is 171 cm³/mol. The maximum Gasteiger partial charge on any atom is 0.428 e. The van der Waals surface area contributed by atoms with Crippen molar-refractivity contribution in [2.75, 3.05) is 11.9 Å². The van der Waals surface area contributed by atoms with Gasteiger partial charge in [-0.3, -0.25) is 14.4 Å². The fourth-order valence-electron chi connectivity index (χ4n) is 5.61. The summed E-state index contributed by atoms with van der Waals surface area (Å²) in [4.78, 5) is 52.5. The summed E-state index contributed by atoms with van der Waals surface area (Å²) >= 11 is 0. The minimum atomic E-state index is -0.679. The maximum absolute atomic E-state index is 13.5.